The molecule has 1 N–H and O–H groups in total. The van der Waals surface area contributed by atoms with Crippen LogP contribution in [0.1, 0.15) is 29.3 Å². The van der Waals surface area contributed by atoms with Crippen molar-refractivity contribution in [3.05, 3.63) is 53.0 Å². The molecule has 2 atom stereocenters. The number of fused-ring (bicyclic) bond motifs is 1. The second kappa shape index (κ2) is 6.31. The van der Waals surface area contributed by atoms with E-state index in [4.69, 9.17) is 0 Å². The number of aromatic nitrogens is 2. The smallest absolute Gasteiger partial charge is 0.159 e. The summed E-state index contributed by atoms with van der Waals surface area (Å²) in [5, 5.41) is 10.2. The lowest BCUT2D eigenvalue weighted by atomic mass is 10.0. The van der Waals surface area contributed by atoms with Gasteiger partial charge in [-0.05, 0) is 31.2 Å². The fraction of sp³-hybridized carbons (Fsp3) is 0.444. The first kappa shape index (κ1) is 16.4. The fourth-order valence-electron chi connectivity index (χ4n) is 3.79. The van der Waals surface area contributed by atoms with Gasteiger partial charge in [0.05, 0.1) is 17.8 Å². The van der Waals surface area contributed by atoms with E-state index < -0.39 is 17.7 Å². The van der Waals surface area contributed by atoms with E-state index >= 15 is 0 Å². The average Bonchev–Trinajstić information content (AvgIpc) is 2.98. The SMILES string of the molecule is CN1CCc2ncnc(N3C[C@@H](O)C[C@@H]3c3ccc(F)c(F)c3)c2C1. The van der Waals surface area contributed by atoms with E-state index in [2.05, 4.69) is 14.9 Å². The van der Waals surface area contributed by atoms with Crippen LogP contribution in [0, 0.1) is 11.6 Å². The number of benzene rings is 1. The highest BCUT2D eigenvalue weighted by atomic mass is 19.2. The number of aliphatic hydroxyl groups excluding tert-OH is 1. The maximum Gasteiger partial charge on any atom is 0.159 e. The van der Waals surface area contributed by atoms with Gasteiger partial charge in [0.2, 0.25) is 0 Å². The summed E-state index contributed by atoms with van der Waals surface area (Å²) in [6.07, 6.45) is 2.32. The average molecular weight is 346 g/mol. The van der Waals surface area contributed by atoms with Gasteiger partial charge in [0.15, 0.2) is 11.6 Å². The fourth-order valence-corrected chi connectivity index (χ4v) is 3.79. The van der Waals surface area contributed by atoms with Crippen LogP contribution in [0.4, 0.5) is 14.6 Å². The third-order valence-corrected chi connectivity index (χ3v) is 5.05. The van der Waals surface area contributed by atoms with Crippen molar-refractivity contribution in [3.8, 4) is 0 Å². The van der Waals surface area contributed by atoms with Gasteiger partial charge in [-0.15, -0.1) is 0 Å². The predicted molar refractivity (Wildman–Crippen MR) is 89.1 cm³/mol. The highest BCUT2D eigenvalue weighted by molar-refractivity contribution is 5.53. The van der Waals surface area contributed by atoms with Gasteiger partial charge in [-0.2, -0.15) is 0 Å². The highest BCUT2D eigenvalue weighted by Crippen LogP contribution is 2.38. The van der Waals surface area contributed by atoms with Gasteiger partial charge < -0.3 is 14.9 Å². The van der Waals surface area contributed by atoms with Crippen molar-refractivity contribution in [2.75, 3.05) is 25.0 Å². The Morgan fingerprint density at radius 1 is 1.20 bits per heavy atom. The zero-order valence-corrected chi connectivity index (χ0v) is 14.0. The van der Waals surface area contributed by atoms with Crippen LogP contribution in [-0.4, -0.2) is 46.2 Å². The van der Waals surface area contributed by atoms with Crippen LogP contribution in [0.3, 0.4) is 0 Å². The Bertz CT molecular complexity index is 801. The lowest BCUT2D eigenvalue weighted by Gasteiger charge is -2.32. The van der Waals surface area contributed by atoms with Crippen LogP contribution >= 0.6 is 0 Å². The molecule has 1 fully saturated rings. The zero-order chi connectivity index (χ0) is 17.6. The summed E-state index contributed by atoms with van der Waals surface area (Å²) in [5.74, 6) is -0.957. The Labute approximate surface area is 144 Å². The van der Waals surface area contributed by atoms with Crippen molar-refractivity contribution in [1.82, 2.24) is 14.9 Å². The van der Waals surface area contributed by atoms with Gasteiger partial charge in [-0.25, -0.2) is 18.7 Å². The van der Waals surface area contributed by atoms with E-state index in [1.165, 1.54) is 6.07 Å². The molecule has 0 amide bonds. The molecule has 0 spiro atoms. The molecule has 0 radical (unpaired) electrons. The third kappa shape index (κ3) is 2.98. The quantitative estimate of drug-likeness (QED) is 0.902. The van der Waals surface area contributed by atoms with Gasteiger partial charge in [0.1, 0.15) is 12.1 Å². The third-order valence-electron chi connectivity index (χ3n) is 5.05. The van der Waals surface area contributed by atoms with E-state index in [0.717, 1.165) is 42.7 Å². The van der Waals surface area contributed by atoms with Crippen LogP contribution in [0.25, 0.3) is 0 Å². The monoisotopic (exact) mass is 346 g/mol. The van der Waals surface area contributed by atoms with Crippen molar-refractivity contribution in [1.29, 1.82) is 0 Å². The number of likely N-dealkylation sites (N-methyl/N-ethyl adjacent to an activating group) is 1. The molecule has 5 nitrogen and oxygen atoms in total. The first-order valence-corrected chi connectivity index (χ1v) is 8.44. The maximum atomic E-state index is 13.7. The molecule has 0 saturated carbocycles. The van der Waals surface area contributed by atoms with Crippen molar-refractivity contribution in [3.63, 3.8) is 0 Å². The molecule has 2 aliphatic heterocycles. The summed E-state index contributed by atoms with van der Waals surface area (Å²) in [7, 11) is 2.05. The Hall–Kier alpha value is -2.12. The molecule has 2 aliphatic rings. The summed E-state index contributed by atoms with van der Waals surface area (Å²) in [4.78, 5) is 13.1. The maximum absolute atomic E-state index is 13.7. The van der Waals surface area contributed by atoms with Gasteiger partial charge in [-0.3, -0.25) is 0 Å². The van der Waals surface area contributed by atoms with Gasteiger partial charge >= 0.3 is 0 Å². The number of nitrogens with zero attached hydrogens (tertiary/aromatic N) is 4. The molecule has 0 bridgehead atoms. The second-order valence-electron chi connectivity index (χ2n) is 6.84. The number of hydrogen-bond acceptors (Lipinski definition) is 5. The minimum absolute atomic E-state index is 0.240. The molecular weight excluding hydrogens is 326 g/mol. The number of rotatable bonds is 2. The summed E-state index contributed by atoms with van der Waals surface area (Å²) >= 11 is 0. The molecule has 132 valence electrons. The van der Waals surface area contributed by atoms with Crippen LogP contribution in [-0.2, 0) is 13.0 Å². The molecule has 25 heavy (non-hydrogen) atoms. The molecule has 0 aliphatic carbocycles. The minimum Gasteiger partial charge on any atom is -0.391 e. The Morgan fingerprint density at radius 3 is 2.84 bits per heavy atom. The number of hydrogen-bond donors (Lipinski definition) is 1. The summed E-state index contributed by atoms with van der Waals surface area (Å²) in [6, 6.07) is 3.69. The van der Waals surface area contributed by atoms with E-state index in [1.54, 1.807) is 12.4 Å². The number of β-amino-alcohol motifs (C(OH)–C–C–N with tert-alkyl or cyclic N) is 1. The zero-order valence-electron chi connectivity index (χ0n) is 14.0. The minimum atomic E-state index is -0.872. The molecule has 4 rings (SSSR count). The van der Waals surface area contributed by atoms with E-state index in [9.17, 15) is 13.9 Å². The standard InChI is InChI=1S/C18H20F2N4O/c1-23-5-4-16-13(9-23)18(22-10-21-16)24-8-12(25)7-17(24)11-2-3-14(19)15(20)6-11/h2-3,6,10,12,17,25H,4-5,7-9H2,1H3/t12-,17+/m0/s1. The van der Waals surface area contributed by atoms with E-state index in [-0.39, 0.29) is 6.04 Å². The lowest BCUT2D eigenvalue weighted by molar-refractivity contribution is 0.194. The van der Waals surface area contributed by atoms with E-state index in [1.807, 2.05) is 11.9 Å². The molecule has 7 heteroatoms. The highest BCUT2D eigenvalue weighted by Gasteiger charge is 2.35. The van der Waals surface area contributed by atoms with Crippen molar-refractivity contribution in [2.45, 2.75) is 31.5 Å². The Balaban J connectivity index is 1.74. The molecule has 1 aromatic heterocycles. The Kier molecular flexibility index (Phi) is 4.13. The lowest BCUT2D eigenvalue weighted by Crippen LogP contribution is -2.32. The largest absolute Gasteiger partial charge is 0.391 e. The van der Waals surface area contributed by atoms with Gasteiger partial charge in [0, 0.05) is 31.6 Å². The van der Waals surface area contributed by atoms with E-state index in [0.29, 0.717) is 18.5 Å². The number of halogens is 2. The number of anilines is 1. The van der Waals surface area contributed by atoms with Crippen molar-refractivity contribution < 1.29 is 13.9 Å². The Morgan fingerprint density at radius 2 is 2.04 bits per heavy atom. The van der Waals surface area contributed by atoms with Crippen LogP contribution in [0.5, 0.6) is 0 Å². The summed E-state index contributed by atoms with van der Waals surface area (Å²) in [5.41, 5.74) is 2.72. The van der Waals surface area contributed by atoms with Crippen molar-refractivity contribution in [2.24, 2.45) is 0 Å². The topological polar surface area (TPSA) is 52.5 Å². The molecule has 0 unspecified atom stereocenters. The normalized spacial score (nSPS) is 23.8. The molecule has 1 aromatic carbocycles. The molecule has 2 aromatic rings. The first-order chi connectivity index (χ1) is 12.0. The predicted octanol–water partition coefficient (Wildman–Crippen LogP) is 2.05. The van der Waals surface area contributed by atoms with Crippen LogP contribution < -0.4 is 4.90 Å². The first-order valence-electron chi connectivity index (χ1n) is 8.44. The van der Waals surface area contributed by atoms with Crippen molar-refractivity contribution >= 4 is 5.82 Å². The molecular formula is C18H20F2N4O. The van der Waals surface area contributed by atoms with Gasteiger partial charge in [0.25, 0.3) is 0 Å². The summed E-state index contributed by atoms with van der Waals surface area (Å²) in [6.45, 7) is 2.10. The second-order valence-corrected chi connectivity index (χ2v) is 6.84. The molecule has 1 saturated heterocycles. The van der Waals surface area contributed by atoms with Gasteiger partial charge in [-0.1, -0.05) is 6.07 Å². The summed E-state index contributed by atoms with van der Waals surface area (Å²) < 4.78 is 27.0. The van der Waals surface area contributed by atoms with Crippen LogP contribution in [0.15, 0.2) is 24.5 Å². The number of aliphatic hydroxyl groups is 1. The van der Waals surface area contributed by atoms with Crippen LogP contribution in [0.2, 0.25) is 0 Å². The molecule has 3 heterocycles.